The first-order valence-electron chi connectivity index (χ1n) is 5.71. The average molecular weight is 192 g/mol. The van der Waals surface area contributed by atoms with Gasteiger partial charge in [-0.25, -0.2) is 0 Å². The molecule has 0 aromatic heterocycles. The Morgan fingerprint density at radius 2 is 2.43 bits per heavy atom. The molecule has 0 amide bonds. The highest BCUT2D eigenvalue weighted by Crippen LogP contribution is 2.38. The third kappa shape index (κ3) is 1.94. The largest absolute Gasteiger partial charge is 0.305 e. The van der Waals surface area contributed by atoms with E-state index in [9.17, 15) is 0 Å². The predicted octanol–water partition coefficient (Wildman–Crippen LogP) is 1.08. The first kappa shape index (κ1) is 10.0. The Morgan fingerprint density at radius 3 is 3.00 bits per heavy atom. The molecule has 3 unspecified atom stereocenters. The molecule has 2 nitrogen and oxygen atoms in total. The van der Waals surface area contributed by atoms with Gasteiger partial charge in [-0.3, -0.25) is 4.90 Å². The molecule has 0 spiro atoms. The second-order valence-electron chi connectivity index (χ2n) is 4.71. The molecule has 3 atom stereocenters. The Kier molecular flexibility index (Phi) is 3.10. The number of piperidine rings is 1. The van der Waals surface area contributed by atoms with Crippen molar-refractivity contribution < 1.29 is 0 Å². The molecule has 14 heavy (non-hydrogen) atoms. The molecule has 2 aliphatic rings. The number of hydrogen-bond acceptors (Lipinski definition) is 2. The fourth-order valence-corrected chi connectivity index (χ4v) is 2.97. The molecule has 0 aromatic carbocycles. The minimum Gasteiger partial charge on any atom is -0.305 e. The highest BCUT2D eigenvalue weighted by Gasteiger charge is 2.39. The minimum absolute atomic E-state index is 0.652. The van der Waals surface area contributed by atoms with Crippen LogP contribution >= 0.6 is 0 Å². The molecular formula is C12H20N2. The molecule has 1 heterocycles. The van der Waals surface area contributed by atoms with Gasteiger partial charge in [0.2, 0.25) is 0 Å². The molecule has 1 aliphatic carbocycles. The van der Waals surface area contributed by atoms with E-state index in [1.54, 1.807) is 0 Å². The van der Waals surface area contributed by atoms with Crippen LogP contribution in [-0.2, 0) is 0 Å². The maximum Gasteiger partial charge on any atom is 0.0574 e. The zero-order valence-corrected chi connectivity index (χ0v) is 9.00. The summed E-state index contributed by atoms with van der Waals surface area (Å²) in [5.74, 6) is 3.61. The number of likely N-dealkylation sites (tertiary alicyclic amines) is 1. The van der Waals surface area contributed by atoms with Crippen LogP contribution in [0.25, 0.3) is 0 Å². The maximum atomic E-state index is 5.20. The van der Waals surface area contributed by atoms with Crippen LogP contribution in [0.5, 0.6) is 0 Å². The van der Waals surface area contributed by atoms with Gasteiger partial charge >= 0.3 is 0 Å². The van der Waals surface area contributed by atoms with Crippen LogP contribution in [0.15, 0.2) is 0 Å². The van der Waals surface area contributed by atoms with Gasteiger partial charge in [-0.15, -0.1) is 6.42 Å². The first-order chi connectivity index (χ1) is 6.81. The Morgan fingerprint density at radius 1 is 1.57 bits per heavy atom. The normalized spacial score (nSPS) is 33.1. The van der Waals surface area contributed by atoms with Crippen molar-refractivity contribution in [2.45, 2.75) is 38.3 Å². The van der Waals surface area contributed by atoms with Crippen LogP contribution in [0.3, 0.4) is 0 Å². The predicted molar refractivity (Wildman–Crippen MR) is 59.0 cm³/mol. The van der Waals surface area contributed by atoms with Crippen molar-refractivity contribution in [1.29, 1.82) is 0 Å². The summed E-state index contributed by atoms with van der Waals surface area (Å²) in [5, 5.41) is 3.29. The van der Waals surface area contributed by atoms with E-state index in [1.807, 2.05) is 0 Å². The van der Waals surface area contributed by atoms with Crippen molar-refractivity contribution in [1.82, 2.24) is 10.2 Å². The minimum atomic E-state index is 0.652. The summed E-state index contributed by atoms with van der Waals surface area (Å²) < 4.78 is 0. The quantitative estimate of drug-likeness (QED) is 0.530. The van der Waals surface area contributed by atoms with E-state index in [-0.39, 0.29) is 0 Å². The smallest absolute Gasteiger partial charge is 0.0574 e. The lowest BCUT2D eigenvalue weighted by Gasteiger charge is -2.32. The van der Waals surface area contributed by atoms with Crippen LogP contribution < -0.4 is 5.32 Å². The van der Waals surface area contributed by atoms with Gasteiger partial charge in [-0.05, 0) is 32.1 Å². The van der Waals surface area contributed by atoms with E-state index in [4.69, 9.17) is 6.42 Å². The van der Waals surface area contributed by atoms with Gasteiger partial charge in [0.1, 0.15) is 0 Å². The van der Waals surface area contributed by atoms with Gasteiger partial charge in [0.15, 0.2) is 0 Å². The van der Waals surface area contributed by atoms with E-state index in [0.717, 1.165) is 18.5 Å². The standard InChI is InChI=1S/C12H20N2/c1-3-6-13-8-10(2)14-9-11-4-5-12(14)7-11/h1,10-13H,4-9H2,2H3. The molecule has 1 N–H and O–H groups in total. The fourth-order valence-electron chi connectivity index (χ4n) is 2.97. The van der Waals surface area contributed by atoms with Gasteiger partial charge in [-0.2, -0.15) is 0 Å². The number of terminal acetylenes is 1. The van der Waals surface area contributed by atoms with Gasteiger partial charge in [-0.1, -0.05) is 5.92 Å². The molecule has 1 saturated heterocycles. The topological polar surface area (TPSA) is 15.3 Å². The van der Waals surface area contributed by atoms with Crippen molar-refractivity contribution in [3.05, 3.63) is 0 Å². The van der Waals surface area contributed by atoms with Crippen LogP contribution in [0, 0.1) is 18.3 Å². The summed E-state index contributed by atoms with van der Waals surface area (Å²) in [6, 6.07) is 1.53. The molecule has 2 fully saturated rings. The number of hydrogen-bond donors (Lipinski definition) is 1. The second kappa shape index (κ2) is 4.33. The monoisotopic (exact) mass is 192 g/mol. The van der Waals surface area contributed by atoms with Crippen molar-refractivity contribution in [3.8, 4) is 12.3 Å². The molecule has 2 heteroatoms. The average Bonchev–Trinajstić information content (AvgIpc) is 2.79. The van der Waals surface area contributed by atoms with Crippen LogP contribution in [0.4, 0.5) is 0 Å². The first-order valence-corrected chi connectivity index (χ1v) is 5.71. The SMILES string of the molecule is C#CCNCC(C)N1CC2CCC1C2. The fraction of sp³-hybridized carbons (Fsp3) is 0.833. The summed E-state index contributed by atoms with van der Waals surface area (Å²) in [5.41, 5.74) is 0. The molecule has 1 saturated carbocycles. The van der Waals surface area contributed by atoms with Gasteiger partial charge < -0.3 is 5.32 Å². The van der Waals surface area contributed by atoms with Gasteiger partial charge in [0.05, 0.1) is 6.54 Å². The van der Waals surface area contributed by atoms with Crippen molar-refractivity contribution in [2.24, 2.45) is 5.92 Å². The van der Waals surface area contributed by atoms with Crippen LogP contribution in [0.2, 0.25) is 0 Å². The Labute approximate surface area is 87.1 Å². The number of nitrogens with zero attached hydrogens (tertiary/aromatic N) is 1. The van der Waals surface area contributed by atoms with E-state index in [1.165, 1.54) is 25.8 Å². The van der Waals surface area contributed by atoms with Crippen molar-refractivity contribution in [3.63, 3.8) is 0 Å². The molecule has 2 rings (SSSR count). The third-order valence-electron chi connectivity index (χ3n) is 3.68. The number of fused-ring (bicyclic) bond motifs is 2. The van der Waals surface area contributed by atoms with Crippen molar-refractivity contribution >= 4 is 0 Å². The lowest BCUT2D eigenvalue weighted by molar-refractivity contribution is 0.158. The molecular weight excluding hydrogens is 172 g/mol. The lowest BCUT2D eigenvalue weighted by atomic mass is 10.1. The number of nitrogens with one attached hydrogen (secondary N) is 1. The summed E-state index contributed by atoms with van der Waals surface area (Å²) in [6.07, 6.45) is 9.53. The van der Waals surface area contributed by atoms with Gasteiger partial charge in [0.25, 0.3) is 0 Å². The summed E-state index contributed by atoms with van der Waals surface area (Å²) in [7, 11) is 0. The zero-order valence-electron chi connectivity index (χ0n) is 9.00. The summed E-state index contributed by atoms with van der Waals surface area (Å²) in [6.45, 7) is 5.37. The van der Waals surface area contributed by atoms with Crippen LogP contribution in [-0.4, -0.2) is 36.6 Å². The Hall–Kier alpha value is -0.520. The van der Waals surface area contributed by atoms with E-state index < -0.39 is 0 Å². The van der Waals surface area contributed by atoms with E-state index in [0.29, 0.717) is 12.6 Å². The Balaban J connectivity index is 1.76. The number of rotatable bonds is 4. The lowest BCUT2D eigenvalue weighted by Crippen LogP contribution is -2.44. The molecule has 0 aromatic rings. The maximum absolute atomic E-state index is 5.20. The summed E-state index contributed by atoms with van der Waals surface area (Å²) in [4.78, 5) is 2.66. The molecule has 78 valence electrons. The summed E-state index contributed by atoms with van der Waals surface area (Å²) >= 11 is 0. The molecule has 2 bridgehead atoms. The van der Waals surface area contributed by atoms with E-state index in [2.05, 4.69) is 23.1 Å². The molecule has 0 radical (unpaired) electrons. The Bertz CT molecular complexity index is 231. The van der Waals surface area contributed by atoms with Gasteiger partial charge in [0, 0.05) is 25.2 Å². The highest BCUT2D eigenvalue weighted by molar-refractivity contribution is 4.95. The second-order valence-corrected chi connectivity index (χ2v) is 4.71. The van der Waals surface area contributed by atoms with Crippen molar-refractivity contribution in [2.75, 3.05) is 19.6 Å². The zero-order chi connectivity index (χ0) is 9.97. The third-order valence-corrected chi connectivity index (χ3v) is 3.68. The van der Waals surface area contributed by atoms with E-state index >= 15 is 0 Å². The van der Waals surface area contributed by atoms with Crippen LogP contribution in [0.1, 0.15) is 26.2 Å². The highest BCUT2D eigenvalue weighted by atomic mass is 15.2. The molecule has 1 aliphatic heterocycles.